The van der Waals surface area contributed by atoms with Crippen LogP contribution in [0.1, 0.15) is 64.1 Å². The molecule has 178 valence electrons. The number of amides is 1. The second-order valence-electron chi connectivity index (χ2n) is 9.72. The SMILES string of the molecule is COC(=O)C(CCO[C@H]1C[C@@H](CCc2ccc3c(n2)NCCC3)C1)NC(=O)OC(C)(C)C. The molecule has 2 aliphatic rings. The lowest BCUT2D eigenvalue weighted by molar-refractivity contribution is -0.144. The number of pyridine rings is 1. The summed E-state index contributed by atoms with van der Waals surface area (Å²) in [6.07, 6.45) is 6.33. The molecule has 1 amide bonds. The number of rotatable bonds is 9. The van der Waals surface area contributed by atoms with E-state index in [1.807, 2.05) is 0 Å². The van der Waals surface area contributed by atoms with Crippen LogP contribution in [0.2, 0.25) is 0 Å². The highest BCUT2D eigenvalue weighted by atomic mass is 16.6. The van der Waals surface area contributed by atoms with Gasteiger partial charge in [0, 0.05) is 25.3 Å². The molecule has 2 heterocycles. The normalized spacial score (nSPS) is 20.9. The van der Waals surface area contributed by atoms with Crippen LogP contribution in [-0.4, -0.2) is 55.1 Å². The van der Waals surface area contributed by atoms with Crippen LogP contribution in [0, 0.1) is 5.92 Å². The number of nitrogens with zero attached hydrogens (tertiary/aromatic N) is 1. The summed E-state index contributed by atoms with van der Waals surface area (Å²) in [5.41, 5.74) is 1.84. The van der Waals surface area contributed by atoms with E-state index in [1.165, 1.54) is 19.1 Å². The van der Waals surface area contributed by atoms with Gasteiger partial charge >= 0.3 is 12.1 Å². The lowest BCUT2D eigenvalue weighted by Crippen LogP contribution is -2.45. The maximum absolute atomic E-state index is 12.0. The minimum atomic E-state index is -0.783. The Hall–Kier alpha value is -2.35. The van der Waals surface area contributed by atoms with Crippen LogP contribution in [0.4, 0.5) is 10.6 Å². The van der Waals surface area contributed by atoms with Crippen LogP contribution < -0.4 is 10.6 Å². The highest BCUT2D eigenvalue weighted by molar-refractivity contribution is 5.81. The van der Waals surface area contributed by atoms with Crippen LogP contribution in [0.3, 0.4) is 0 Å². The van der Waals surface area contributed by atoms with E-state index >= 15 is 0 Å². The summed E-state index contributed by atoms with van der Waals surface area (Å²) in [5.74, 6) is 1.20. The number of nitrogens with one attached hydrogen (secondary N) is 2. The number of ether oxygens (including phenoxy) is 3. The van der Waals surface area contributed by atoms with E-state index in [0.29, 0.717) is 18.9 Å². The molecule has 0 radical (unpaired) electrons. The van der Waals surface area contributed by atoms with Crippen molar-refractivity contribution in [2.45, 2.75) is 83.5 Å². The zero-order valence-corrected chi connectivity index (χ0v) is 19.7. The van der Waals surface area contributed by atoms with Gasteiger partial charge in [0.2, 0.25) is 0 Å². The Morgan fingerprint density at radius 1 is 1.28 bits per heavy atom. The van der Waals surface area contributed by atoms with E-state index in [0.717, 1.165) is 50.2 Å². The van der Waals surface area contributed by atoms with E-state index in [2.05, 4.69) is 22.8 Å². The van der Waals surface area contributed by atoms with Gasteiger partial charge in [-0.15, -0.1) is 0 Å². The summed E-state index contributed by atoms with van der Waals surface area (Å²) in [7, 11) is 1.30. The lowest BCUT2D eigenvalue weighted by atomic mass is 9.79. The van der Waals surface area contributed by atoms with Crippen molar-refractivity contribution in [2.75, 3.05) is 25.6 Å². The van der Waals surface area contributed by atoms with Crippen molar-refractivity contribution < 1.29 is 23.8 Å². The average molecular weight is 448 g/mol. The third-order valence-electron chi connectivity index (χ3n) is 5.89. The molecule has 1 atom stereocenters. The molecule has 3 rings (SSSR count). The molecule has 1 aromatic rings. The van der Waals surface area contributed by atoms with E-state index in [-0.39, 0.29) is 6.10 Å². The predicted octanol–water partition coefficient (Wildman–Crippen LogP) is 3.62. The number of hydrogen-bond acceptors (Lipinski definition) is 7. The number of anilines is 1. The number of aryl methyl sites for hydroxylation is 2. The topological polar surface area (TPSA) is 98.8 Å². The molecular formula is C24H37N3O5. The van der Waals surface area contributed by atoms with Gasteiger partial charge in [-0.2, -0.15) is 0 Å². The number of alkyl carbamates (subject to hydrolysis) is 1. The lowest BCUT2D eigenvalue weighted by Gasteiger charge is -2.35. The predicted molar refractivity (Wildman–Crippen MR) is 122 cm³/mol. The quantitative estimate of drug-likeness (QED) is 0.558. The number of methoxy groups -OCH3 is 1. The first-order valence-corrected chi connectivity index (χ1v) is 11.6. The smallest absolute Gasteiger partial charge is 0.408 e. The van der Waals surface area contributed by atoms with Gasteiger partial charge in [-0.05, 0) is 76.8 Å². The third-order valence-corrected chi connectivity index (χ3v) is 5.89. The van der Waals surface area contributed by atoms with E-state index < -0.39 is 23.7 Å². The van der Waals surface area contributed by atoms with Gasteiger partial charge in [0.25, 0.3) is 0 Å². The molecule has 32 heavy (non-hydrogen) atoms. The first kappa shape index (κ1) is 24.3. The number of aromatic nitrogens is 1. The zero-order chi connectivity index (χ0) is 23.1. The molecule has 1 aromatic heterocycles. The van der Waals surface area contributed by atoms with Crippen LogP contribution in [-0.2, 0) is 31.8 Å². The van der Waals surface area contributed by atoms with Crippen molar-refractivity contribution in [1.29, 1.82) is 0 Å². The minimum absolute atomic E-state index is 0.206. The fourth-order valence-electron chi connectivity index (χ4n) is 4.10. The van der Waals surface area contributed by atoms with Crippen molar-refractivity contribution in [3.05, 3.63) is 23.4 Å². The Balaban J connectivity index is 1.33. The van der Waals surface area contributed by atoms with E-state index in [9.17, 15) is 9.59 Å². The molecule has 0 saturated heterocycles. The maximum Gasteiger partial charge on any atom is 0.408 e. The monoisotopic (exact) mass is 447 g/mol. The number of carbonyl (C=O) groups excluding carboxylic acids is 2. The van der Waals surface area contributed by atoms with Crippen LogP contribution in [0.15, 0.2) is 12.1 Å². The molecule has 1 aliphatic heterocycles. The molecule has 1 fully saturated rings. The molecule has 1 unspecified atom stereocenters. The second kappa shape index (κ2) is 11.0. The van der Waals surface area contributed by atoms with Crippen molar-refractivity contribution >= 4 is 17.9 Å². The number of esters is 1. The van der Waals surface area contributed by atoms with Gasteiger partial charge < -0.3 is 24.8 Å². The second-order valence-corrected chi connectivity index (χ2v) is 9.72. The van der Waals surface area contributed by atoms with Gasteiger partial charge in [-0.25, -0.2) is 14.6 Å². The fourth-order valence-corrected chi connectivity index (χ4v) is 4.10. The molecule has 0 aromatic carbocycles. The largest absolute Gasteiger partial charge is 0.467 e. The molecule has 0 bridgehead atoms. The van der Waals surface area contributed by atoms with Gasteiger partial charge in [0.05, 0.1) is 13.2 Å². The maximum atomic E-state index is 12.0. The summed E-state index contributed by atoms with van der Waals surface area (Å²) in [5, 5.41) is 5.97. The Bertz CT molecular complexity index is 786. The Morgan fingerprint density at radius 2 is 2.06 bits per heavy atom. The van der Waals surface area contributed by atoms with Crippen LogP contribution in [0.25, 0.3) is 0 Å². The van der Waals surface area contributed by atoms with Gasteiger partial charge in [-0.3, -0.25) is 0 Å². The van der Waals surface area contributed by atoms with Crippen molar-refractivity contribution in [1.82, 2.24) is 10.3 Å². The Labute approximate surface area is 190 Å². The number of fused-ring (bicyclic) bond motifs is 1. The zero-order valence-electron chi connectivity index (χ0n) is 19.7. The molecule has 0 spiro atoms. The number of hydrogen-bond donors (Lipinski definition) is 2. The Kier molecular flexibility index (Phi) is 8.34. The van der Waals surface area contributed by atoms with Crippen molar-refractivity contribution in [3.63, 3.8) is 0 Å². The summed E-state index contributed by atoms with van der Waals surface area (Å²) in [6.45, 7) is 6.71. The molecule has 1 aliphatic carbocycles. The molecular weight excluding hydrogens is 410 g/mol. The van der Waals surface area contributed by atoms with E-state index in [1.54, 1.807) is 20.8 Å². The minimum Gasteiger partial charge on any atom is -0.467 e. The highest BCUT2D eigenvalue weighted by Gasteiger charge is 2.31. The summed E-state index contributed by atoms with van der Waals surface area (Å²) in [4.78, 5) is 28.7. The number of carbonyl (C=O) groups is 2. The van der Waals surface area contributed by atoms with Crippen molar-refractivity contribution in [3.8, 4) is 0 Å². The fraction of sp³-hybridized carbons (Fsp3) is 0.708. The van der Waals surface area contributed by atoms with Gasteiger partial charge in [-0.1, -0.05) is 6.07 Å². The molecule has 8 heteroatoms. The summed E-state index contributed by atoms with van der Waals surface area (Å²) in [6, 6.07) is 3.58. The molecule has 2 N–H and O–H groups in total. The molecule has 8 nitrogen and oxygen atoms in total. The first-order chi connectivity index (χ1) is 15.2. The summed E-state index contributed by atoms with van der Waals surface area (Å²) < 4.78 is 15.9. The first-order valence-electron chi connectivity index (χ1n) is 11.6. The van der Waals surface area contributed by atoms with E-state index in [4.69, 9.17) is 19.2 Å². The van der Waals surface area contributed by atoms with Gasteiger partial charge in [0.1, 0.15) is 17.5 Å². The van der Waals surface area contributed by atoms with Gasteiger partial charge in [0.15, 0.2) is 0 Å². The average Bonchev–Trinajstić information content (AvgIpc) is 2.71. The van der Waals surface area contributed by atoms with Crippen LogP contribution >= 0.6 is 0 Å². The standard InChI is InChI=1S/C24H37N3O5/c1-24(2,3)32-23(29)27-20(22(28)30-4)11-13-31-19-14-16(15-19)7-9-18-10-8-17-6-5-12-25-21(17)26-18/h8,10,16,19-20H,5-7,9,11-15H2,1-4H3,(H,25,26)(H,27,29)/t16-,19+,20?. The third kappa shape index (κ3) is 7.36. The van der Waals surface area contributed by atoms with Crippen molar-refractivity contribution in [2.24, 2.45) is 5.92 Å². The van der Waals surface area contributed by atoms with Crippen LogP contribution in [0.5, 0.6) is 0 Å². The summed E-state index contributed by atoms with van der Waals surface area (Å²) >= 11 is 0. The highest BCUT2D eigenvalue weighted by Crippen LogP contribution is 2.34. The Morgan fingerprint density at radius 3 is 2.78 bits per heavy atom. The molecule has 1 saturated carbocycles.